The highest BCUT2D eigenvalue weighted by Crippen LogP contribution is 2.43. The Balaban J connectivity index is 1.50. The van der Waals surface area contributed by atoms with E-state index < -0.39 is 0 Å². The van der Waals surface area contributed by atoms with E-state index in [2.05, 4.69) is 162 Å². The lowest BCUT2D eigenvalue weighted by atomic mass is 9.89. The largest absolute Gasteiger partial charge is 0.291 e. The molecule has 1 heterocycles. The summed E-state index contributed by atoms with van der Waals surface area (Å²) < 4.78 is 2.36. The highest BCUT2D eigenvalue weighted by molar-refractivity contribution is 6.19. The predicted octanol–water partition coefficient (Wildman–Crippen LogP) is 10.3. The van der Waals surface area contributed by atoms with E-state index in [1.165, 1.54) is 43.8 Å². The molecule has 0 aliphatic rings. The van der Waals surface area contributed by atoms with E-state index in [1.807, 2.05) is 0 Å². The van der Waals surface area contributed by atoms with Gasteiger partial charge in [-0.1, -0.05) is 140 Å². The zero-order valence-electron chi connectivity index (χ0n) is 22.4. The summed E-state index contributed by atoms with van der Waals surface area (Å²) in [5.41, 5.74) is 9.24. The summed E-state index contributed by atoms with van der Waals surface area (Å²) in [7, 11) is 0. The van der Waals surface area contributed by atoms with Crippen LogP contribution in [0, 0.1) is 0 Å². The van der Waals surface area contributed by atoms with Crippen molar-refractivity contribution in [3.05, 3.63) is 158 Å². The third kappa shape index (κ3) is 3.84. The molecule has 0 radical (unpaired) electrons. The van der Waals surface area contributed by atoms with Crippen molar-refractivity contribution in [3.63, 3.8) is 0 Å². The van der Waals surface area contributed by atoms with Crippen LogP contribution in [-0.2, 0) is 0 Å². The summed E-state index contributed by atoms with van der Waals surface area (Å²) in [6.45, 7) is 0. The molecular weight excluding hydrogens is 496 g/mol. The molecule has 1 aromatic heterocycles. The number of imidazole rings is 1. The Labute approximate surface area is 238 Å². The lowest BCUT2D eigenvalue weighted by molar-refractivity contribution is 1.13. The van der Waals surface area contributed by atoms with E-state index in [4.69, 9.17) is 4.98 Å². The molecule has 41 heavy (non-hydrogen) atoms. The van der Waals surface area contributed by atoms with Gasteiger partial charge in [-0.3, -0.25) is 4.57 Å². The van der Waals surface area contributed by atoms with Crippen molar-refractivity contribution in [1.82, 2.24) is 9.55 Å². The van der Waals surface area contributed by atoms with E-state index in [9.17, 15) is 0 Å². The van der Waals surface area contributed by atoms with E-state index >= 15 is 0 Å². The molecule has 2 heteroatoms. The quantitative estimate of drug-likeness (QED) is 0.210. The van der Waals surface area contributed by atoms with E-state index in [0.717, 1.165) is 28.1 Å². The van der Waals surface area contributed by atoms with Crippen molar-refractivity contribution in [3.8, 4) is 39.3 Å². The average molecular weight is 523 g/mol. The molecule has 0 bridgehead atoms. The van der Waals surface area contributed by atoms with Gasteiger partial charge in [0.05, 0.1) is 16.7 Å². The summed E-state index contributed by atoms with van der Waals surface area (Å²) in [5.74, 6) is 0.945. The second-order valence-corrected chi connectivity index (χ2v) is 10.4. The van der Waals surface area contributed by atoms with Gasteiger partial charge < -0.3 is 0 Å². The third-order valence-corrected chi connectivity index (χ3v) is 7.98. The van der Waals surface area contributed by atoms with Crippen LogP contribution in [0.25, 0.3) is 71.9 Å². The smallest absolute Gasteiger partial charge is 0.145 e. The molecule has 0 saturated heterocycles. The van der Waals surface area contributed by atoms with Gasteiger partial charge in [0.2, 0.25) is 0 Å². The van der Waals surface area contributed by atoms with Crippen LogP contribution < -0.4 is 0 Å². The predicted molar refractivity (Wildman–Crippen MR) is 172 cm³/mol. The van der Waals surface area contributed by atoms with Crippen LogP contribution in [0.4, 0.5) is 0 Å². The first-order chi connectivity index (χ1) is 20.4. The van der Waals surface area contributed by atoms with Gasteiger partial charge in [0.15, 0.2) is 0 Å². The number of fused-ring (bicyclic) bond motifs is 3. The molecule has 0 aliphatic carbocycles. The monoisotopic (exact) mass is 522 g/mol. The maximum absolute atomic E-state index is 5.16. The van der Waals surface area contributed by atoms with Gasteiger partial charge in [-0.2, -0.15) is 0 Å². The summed E-state index contributed by atoms with van der Waals surface area (Å²) >= 11 is 0. The fourth-order valence-corrected chi connectivity index (χ4v) is 6.18. The summed E-state index contributed by atoms with van der Waals surface area (Å²) in [6, 6.07) is 56.1. The molecule has 8 aromatic rings. The molecule has 0 saturated carbocycles. The number of aromatic nitrogens is 2. The van der Waals surface area contributed by atoms with Crippen molar-refractivity contribution in [2.24, 2.45) is 0 Å². The van der Waals surface area contributed by atoms with Crippen molar-refractivity contribution in [2.75, 3.05) is 0 Å². The third-order valence-electron chi connectivity index (χ3n) is 7.98. The molecule has 192 valence electrons. The maximum atomic E-state index is 5.16. The second kappa shape index (κ2) is 9.62. The highest BCUT2D eigenvalue weighted by Gasteiger charge is 2.21. The first kappa shape index (κ1) is 23.4. The number of hydrogen-bond acceptors (Lipinski definition) is 1. The molecule has 0 amide bonds. The van der Waals surface area contributed by atoms with Crippen LogP contribution in [0.15, 0.2) is 158 Å². The topological polar surface area (TPSA) is 17.8 Å². The van der Waals surface area contributed by atoms with Crippen LogP contribution in [0.3, 0.4) is 0 Å². The molecule has 0 unspecified atom stereocenters. The molecule has 0 atom stereocenters. The highest BCUT2D eigenvalue weighted by atomic mass is 15.1. The Morgan fingerprint density at radius 1 is 0.390 bits per heavy atom. The lowest BCUT2D eigenvalue weighted by Crippen LogP contribution is -2.01. The summed E-state index contributed by atoms with van der Waals surface area (Å²) in [5, 5.41) is 4.85. The minimum absolute atomic E-state index is 0.945. The van der Waals surface area contributed by atoms with Crippen LogP contribution in [0.5, 0.6) is 0 Å². The summed E-state index contributed by atoms with van der Waals surface area (Å²) in [4.78, 5) is 5.16. The maximum Gasteiger partial charge on any atom is 0.145 e. The lowest BCUT2D eigenvalue weighted by Gasteiger charge is -2.20. The molecule has 7 aromatic carbocycles. The van der Waals surface area contributed by atoms with Crippen molar-refractivity contribution in [1.29, 1.82) is 0 Å². The van der Waals surface area contributed by atoms with Crippen LogP contribution >= 0.6 is 0 Å². The van der Waals surface area contributed by atoms with Crippen molar-refractivity contribution < 1.29 is 0 Å². The Kier molecular flexibility index (Phi) is 5.49. The molecular formula is C39H26N2. The summed E-state index contributed by atoms with van der Waals surface area (Å²) in [6.07, 6.45) is 0. The fraction of sp³-hybridized carbons (Fsp3) is 0. The van der Waals surface area contributed by atoms with Crippen LogP contribution in [0.2, 0.25) is 0 Å². The Hall–Kier alpha value is -5.47. The second-order valence-electron chi connectivity index (χ2n) is 10.4. The minimum Gasteiger partial charge on any atom is -0.291 e. The Morgan fingerprint density at radius 2 is 0.902 bits per heavy atom. The van der Waals surface area contributed by atoms with Gasteiger partial charge in [0.1, 0.15) is 5.82 Å². The zero-order chi connectivity index (χ0) is 27.2. The SMILES string of the molecule is c1ccc(-c2cccc(-c3c4ccccc4c(-n4c(-c5ccccc5)nc5ccccc54)c4ccccc34)c2)cc1. The van der Waals surface area contributed by atoms with Crippen LogP contribution in [0.1, 0.15) is 0 Å². The molecule has 0 N–H and O–H groups in total. The van der Waals surface area contributed by atoms with Gasteiger partial charge in [-0.15, -0.1) is 0 Å². The van der Waals surface area contributed by atoms with Gasteiger partial charge in [0, 0.05) is 16.3 Å². The van der Waals surface area contributed by atoms with Crippen molar-refractivity contribution >= 4 is 32.6 Å². The Bertz CT molecular complexity index is 2130. The van der Waals surface area contributed by atoms with Crippen molar-refractivity contribution in [2.45, 2.75) is 0 Å². The normalized spacial score (nSPS) is 11.4. The van der Waals surface area contributed by atoms with E-state index in [-0.39, 0.29) is 0 Å². The average Bonchev–Trinajstić information content (AvgIpc) is 3.44. The number of para-hydroxylation sites is 2. The number of benzene rings is 7. The van der Waals surface area contributed by atoms with Gasteiger partial charge in [-0.25, -0.2) is 4.98 Å². The standard InChI is InChI=1S/C39H26N2/c1-3-14-27(15-4-1)29-18-13-19-30(26-29)37-31-20-7-9-22-33(31)38(34-23-10-8-21-32(34)37)41-36-25-12-11-24-35(36)40-39(41)28-16-5-2-6-17-28/h1-26H. The Morgan fingerprint density at radius 3 is 1.59 bits per heavy atom. The van der Waals surface area contributed by atoms with Gasteiger partial charge >= 0.3 is 0 Å². The van der Waals surface area contributed by atoms with Gasteiger partial charge in [-0.05, 0) is 51.2 Å². The number of hydrogen-bond donors (Lipinski definition) is 0. The van der Waals surface area contributed by atoms with E-state index in [0.29, 0.717) is 0 Å². The number of rotatable bonds is 4. The molecule has 0 aliphatic heterocycles. The molecule has 8 rings (SSSR count). The fourth-order valence-electron chi connectivity index (χ4n) is 6.18. The number of nitrogens with zero attached hydrogens (tertiary/aromatic N) is 2. The van der Waals surface area contributed by atoms with E-state index in [1.54, 1.807) is 0 Å². The first-order valence-corrected chi connectivity index (χ1v) is 14.0. The molecule has 0 spiro atoms. The van der Waals surface area contributed by atoms with Crippen LogP contribution in [-0.4, -0.2) is 9.55 Å². The zero-order valence-corrected chi connectivity index (χ0v) is 22.4. The minimum atomic E-state index is 0.945. The van der Waals surface area contributed by atoms with Gasteiger partial charge in [0.25, 0.3) is 0 Å². The first-order valence-electron chi connectivity index (χ1n) is 14.0. The molecule has 2 nitrogen and oxygen atoms in total. The molecule has 0 fully saturated rings.